The van der Waals surface area contributed by atoms with E-state index in [1.54, 1.807) is 4.90 Å². The molecule has 0 saturated carbocycles. The Balaban J connectivity index is 1.36. The van der Waals surface area contributed by atoms with Crippen molar-refractivity contribution in [1.82, 2.24) is 9.80 Å². The van der Waals surface area contributed by atoms with Gasteiger partial charge in [0.2, 0.25) is 12.7 Å². The average Bonchev–Trinajstić information content (AvgIpc) is 3.05. The number of carbonyl (C=O) groups is 1. The van der Waals surface area contributed by atoms with Crippen LogP contribution in [0.25, 0.3) is 0 Å². The van der Waals surface area contributed by atoms with Crippen LogP contribution in [0.2, 0.25) is 0 Å². The highest BCUT2D eigenvalue weighted by Gasteiger charge is 2.25. The van der Waals surface area contributed by atoms with Crippen LogP contribution in [0.4, 0.5) is 0 Å². The fourth-order valence-electron chi connectivity index (χ4n) is 3.60. The fraction of sp³-hybridized carbons (Fsp3) is 0.381. The first-order valence-electron chi connectivity index (χ1n) is 9.28. The topological polar surface area (TPSA) is 62.2 Å². The molecule has 0 radical (unpaired) electrons. The minimum atomic E-state index is -0.545. The van der Waals surface area contributed by atoms with Crippen LogP contribution in [-0.4, -0.2) is 59.9 Å². The van der Waals surface area contributed by atoms with E-state index in [2.05, 4.69) is 17.0 Å². The number of rotatable bonds is 4. The van der Waals surface area contributed by atoms with E-state index < -0.39 is 6.10 Å². The van der Waals surface area contributed by atoms with Crippen LogP contribution in [0.5, 0.6) is 11.5 Å². The molecule has 6 heteroatoms. The lowest BCUT2D eigenvalue weighted by atomic mass is 10.1. The van der Waals surface area contributed by atoms with Gasteiger partial charge in [0.1, 0.15) is 0 Å². The number of carbonyl (C=O) groups excluding carboxylic acids is 1. The van der Waals surface area contributed by atoms with E-state index in [1.165, 1.54) is 5.56 Å². The molecule has 1 atom stereocenters. The molecule has 1 amide bonds. The van der Waals surface area contributed by atoms with Crippen molar-refractivity contribution in [2.24, 2.45) is 0 Å². The van der Waals surface area contributed by atoms with Gasteiger partial charge in [-0.3, -0.25) is 9.69 Å². The Kier molecular flexibility index (Phi) is 5.27. The summed E-state index contributed by atoms with van der Waals surface area (Å²) >= 11 is 0. The molecule has 0 aromatic heterocycles. The van der Waals surface area contributed by atoms with Crippen molar-refractivity contribution in [3.05, 3.63) is 59.7 Å². The van der Waals surface area contributed by atoms with Crippen molar-refractivity contribution in [3.8, 4) is 11.5 Å². The van der Waals surface area contributed by atoms with Gasteiger partial charge in [-0.15, -0.1) is 0 Å². The number of aliphatic hydroxyl groups is 1. The first kappa shape index (κ1) is 17.8. The van der Waals surface area contributed by atoms with Gasteiger partial charge in [0.05, 0.1) is 12.5 Å². The first-order chi connectivity index (χ1) is 13.2. The summed E-state index contributed by atoms with van der Waals surface area (Å²) in [6, 6.07) is 15.8. The molecule has 1 unspecified atom stereocenters. The zero-order chi connectivity index (χ0) is 18.6. The van der Waals surface area contributed by atoms with Crippen LogP contribution in [-0.2, 0) is 17.8 Å². The molecule has 2 aromatic carbocycles. The molecule has 0 spiro atoms. The summed E-state index contributed by atoms with van der Waals surface area (Å²) in [7, 11) is 0. The van der Waals surface area contributed by atoms with Gasteiger partial charge in [-0.25, -0.2) is 0 Å². The van der Waals surface area contributed by atoms with E-state index in [-0.39, 0.29) is 12.7 Å². The third-order valence-corrected chi connectivity index (χ3v) is 4.98. The average molecular weight is 368 g/mol. The number of fused-ring (bicyclic) bond motifs is 1. The SMILES string of the molecule is O=C(Cc1ccc2c(c1)OCO2)N1CCN(Cc2ccccc2)CC(O)C1. The second-order valence-corrected chi connectivity index (χ2v) is 7.08. The van der Waals surface area contributed by atoms with Crippen LogP contribution in [0, 0.1) is 0 Å². The maximum absolute atomic E-state index is 12.8. The second kappa shape index (κ2) is 7.98. The van der Waals surface area contributed by atoms with Crippen molar-refractivity contribution in [1.29, 1.82) is 0 Å². The number of amides is 1. The van der Waals surface area contributed by atoms with Gasteiger partial charge in [-0.2, -0.15) is 0 Å². The Bertz CT molecular complexity index is 796. The summed E-state index contributed by atoms with van der Waals surface area (Å²) < 4.78 is 10.7. The third kappa shape index (κ3) is 4.40. The number of benzene rings is 2. The van der Waals surface area contributed by atoms with Crippen molar-refractivity contribution >= 4 is 5.91 Å². The van der Waals surface area contributed by atoms with E-state index in [0.29, 0.717) is 37.6 Å². The third-order valence-electron chi connectivity index (χ3n) is 4.98. The molecule has 6 nitrogen and oxygen atoms in total. The Labute approximate surface area is 158 Å². The van der Waals surface area contributed by atoms with Crippen LogP contribution in [0.15, 0.2) is 48.5 Å². The van der Waals surface area contributed by atoms with Gasteiger partial charge >= 0.3 is 0 Å². The standard InChI is InChI=1S/C21H24N2O4/c24-18-13-22(12-16-4-2-1-3-5-16)8-9-23(14-18)21(25)11-17-6-7-19-20(10-17)27-15-26-19/h1-7,10,18,24H,8-9,11-15H2. The van der Waals surface area contributed by atoms with E-state index >= 15 is 0 Å². The number of β-amino-alcohol motifs (C(OH)–C–C–N with tert-alkyl or cyclic N) is 1. The Morgan fingerprint density at radius 1 is 1.00 bits per heavy atom. The number of ether oxygens (including phenoxy) is 2. The molecule has 1 N–H and O–H groups in total. The van der Waals surface area contributed by atoms with Gasteiger partial charge in [0.25, 0.3) is 0 Å². The zero-order valence-corrected chi connectivity index (χ0v) is 15.2. The van der Waals surface area contributed by atoms with Crippen molar-refractivity contribution in [2.45, 2.75) is 19.1 Å². The minimum absolute atomic E-state index is 0.0227. The molecular formula is C21H24N2O4. The lowest BCUT2D eigenvalue weighted by Gasteiger charge is -2.22. The molecule has 2 aromatic rings. The van der Waals surface area contributed by atoms with Gasteiger partial charge in [0.15, 0.2) is 11.5 Å². The van der Waals surface area contributed by atoms with Gasteiger partial charge < -0.3 is 19.5 Å². The summed E-state index contributed by atoms with van der Waals surface area (Å²) in [6.07, 6.45) is -0.251. The summed E-state index contributed by atoms with van der Waals surface area (Å²) in [5, 5.41) is 10.4. The highest BCUT2D eigenvalue weighted by molar-refractivity contribution is 5.79. The number of nitrogens with zero attached hydrogens (tertiary/aromatic N) is 2. The minimum Gasteiger partial charge on any atom is -0.454 e. The van der Waals surface area contributed by atoms with E-state index in [1.807, 2.05) is 36.4 Å². The zero-order valence-electron chi connectivity index (χ0n) is 15.2. The second-order valence-electron chi connectivity index (χ2n) is 7.08. The highest BCUT2D eigenvalue weighted by Crippen LogP contribution is 2.32. The fourth-order valence-corrected chi connectivity index (χ4v) is 3.60. The highest BCUT2D eigenvalue weighted by atomic mass is 16.7. The summed E-state index contributed by atoms with van der Waals surface area (Å²) in [5.74, 6) is 1.42. The number of aliphatic hydroxyl groups excluding tert-OH is 1. The molecule has 2 aliphatic rings. The Morgan fingerprint density at radius 3 is 2.67 bits per heavy atom. The van der Waals surface area contributed by atoms with E-state index in [9.17, 15) is 9.90 Å². The van der Waals surface area contributed by atoms with Crippen molar-refractivity contribution in [3.63, 3.8) is 0 Å². The maximum atomic E-state index is 12.8. The molecule has 2 heterocycles. The van der Waals surface area contributed by atoms with Crippen molar-refractivity contribution in [2.75, 3.05) is 33.0 Å². The van der Waals surface area contributed by atoms with E-state index in [0.717, 1.165) is 18.7 Å². The molecular weight excluding hydrogens is 344 g/mol. The van der Waals surface area contributed by atoms with Gasteiger partial charge in [0, 0.05) is 32.7 Å². The lowest BCUT2D eigenvalue weighted by molar-refractivity contribution is -0.131. The molecule has 2 aliphatic heterocycles. The van der Waals surface area contributed by atoms with Crippen LogP contribution >= 0.6 is 0 Å². The molecule has 1 saturated heterocycles. The molecule has 27 heavy (non-hydrogen) atoms. The predicted octanol–water partition coefficient (Wildman–Crippen LogP) is 1.66. The molecule has 142 valence electrons. The largest absolute Gasteiger partial charge is 0.454 e. The summed E-state index contributed by atoms with van der Waals surface area (Å²) in [5.41, 5.74) is 2.11. The van der Waals surface area contributed by atoms with Gasteiger partial charge in [-0.05, 0) is 23.3 Å². The van der Waals surface area contributed by atoms with Gasteiger partial charge in [-0.1, -0.05) is 36.4 Å². The van der Waals surface area contributed by atoms with Crippen molar-refractivity contribution < 1.29 is 19.4 Å². The van der Waals surface area contributed by atoms with E-state index in [4.69, 9.17) is 9.47 Å². The molecule has 0 bridgehead atoms. The van der Waals surface area contributed by atoms with Crippen LogP contribution in [0.3, 0.4) is 0 Å². The van der Waals surface area contributed by atoms with Crippen LogP contribution in [0.1, 0.15) is 11.1 Å². The molecule has 0 aliphatic carbocycles. The Hall–Kier alpha value is -2.57. The quantitative estimate of drug-likeness (QED) is 0.889. The summed E-state index contributed by atoms with van der Waals surface area (Å²) in [4.78, 5) is 16.7. The first-order valence-corrected chi connectivity index (χ1v) is 9.28. The maximum Gasteiger partial charge on any atom is 0.231 e. The Morgan fingerprint density at radius 2 is 1.81 bits per heavy atom. The molecule has 1 fully saturated rings. The predicted molar refractivity (Wildman–Crippen MR) is 101 cm³/mol. The summed E-state index contributed by atoms with van der Waals surface area (Å²) in [6.45, 7) is 3.31. The number of hydrogen-bond donors (Lipinski definition) is 1. The smallest absolute Gasteiger partial charge is 0.231 e. The number of hydrogen-bond acceptors (Lipinski definition) is 5. The molecule has 4 rings (SSSR count). The monoisotopic (exact) mass is 368 g/mol. The lowest BCUT2D eigenvalue weighted by Crippen LogP contribution is -2.38. The van der Waals surface area contributed by atoms with Crippen LogP contribution < -0.4 is 9.47 Å². The normalized spacial score (nSPS) is 19.7.